The maximum absolute atomic E-state index is 13.3. The molecule has 0 N–H and O–H groups in total. The summed E-state index contributed by atoms with van der Waals surface area (Å²) in [6, 6.07) is 7.78. The summed E-state index contributed by atoms with van der Waals surface area (Å²) in [5.74, 6) is 0. The monoisotopic (exact) mass is 321 g/mol. The number of benzene rings is 1. The van der Waals surface area contributed by atoms with Crippen LogP contribution in [0.2, 0.25) is 5.02 Å². The molecule has 1 nitrogen and oxygen atoms in total. The Labute approximate surface area is 124 Å². The van der Waals surface area contributed by atoms with E-state index < -0.39 is 10.8 Å². The van der Waals surface area contributed by atoms with Crippen molar-refractivity contribution in [2.75, 3.05) is 0 Å². The average Bonchev–Trinajstić information content (AvgIpc) is 2.38. The van der Waals surface area contributed by atoms with Crippen LogP contribution < -0.4 is 0 Å². The summed E-state index contributed by atoms with van der Waals surface area (Å²) in [5.41, 5.74) is 0.465. The second kappa shape index (κ2) is 5.61. The molecular weight excluding hydrogens is 315 g/mol. The van der Waals surface area contributed by atoms with Crippen LogP contribution in [0.3, 0.4) is 0 Å². The van der Waals surface area contributed by atoms with Gasteiger partial charge in [-0.3, -0.25) is 4.98 Å². The van der Waals surface area contributed by atoms with Gasteiger partial charge in [-0.2, -0.15) is 8.78 Å². The summed E-state index contributed by atoms with van der Waals surface area (Å²) in [5, 5.41) is -3.72. The zero-order chi connectivity index (χ0) is 14.0. The minimum Gasteiger partial charge on any atom is -0.264 e. The van der Waals surface area contributed by atoms with Crippen molar-refractivity contribution in [1.29, 1.82) is 0 Å². The van der Waals surface area contributed by atoms with Crippen LogP contribution in [-0.2, 0) is 5.38 Å². The van der Waals surface area contributed by atoms with Gasteiger partial charge in [-0.15, -0.1) is 11.6 Å². The molecule has 19 heavy (non-hydrogen) atoms. The van der Waals surface area contributed by atoms with Gasteiger partial charge < -0.3 is 0 Å². The minimum atomic E-state index is -3.49. The first kappa shape index (κ1) is 14.5. The van der Waals surface area contributed by atoms with E-state index in [1.165, 1.54) is 12.4 Å². The molecular formula is C13H8Cl3F2N. The molecule has 100 valence electrons. The lowest BCUT2D eigenvalue weighted by molar-refractivity contribution is 0.0940. The third-order valence-corrected chi connectivity index (χ3v) is 3.54. The van der Waals surface area contributed by atoms with E-state index in [1.54, 1.807) is 24.3 Å². The van der Waals surface area contributed by atoms with Crippen LogP contribution in [0.25, 0.3) is 0 Å². The van der Waals surface area contributed by atoms with Gasteiger partial charge in [0.15, 0.2) is 0 Å². The van der Waals surface area contributed by atoms with E-state index >= 15 is 0 Å². The fraction of sp³-hybridized carbons (Fsp3) is 0.154. The summed E-state index contributed by atoms with van der Waals surface area (Å²) >= 11 is 17.1. The van der Waals surface area contributed by atoms with Crippen molar-refractivity contribution in [2.45, 2.75) is 10.8 Å². The Morgan fingerprint density at radius 2 is 1.74 bits per heavy atom. The Balaban J connectivity index is 2.44. The number of alkyl halides is 4. The van der Waals surface area contributed by atoms with Crippen molar-refractivity contribution in [2.24, 2.45) is 0 Å². The molecule has 1 unspecified atom stereocenters. The lowest BCUT2D eigenvalue weighted by Gasteiger charge is -2.17. The highest BCUT2D eigenvalue weighted by atomic mass is 35.5. The molecule has 0 bridgehead atoms. The number of aromatic nitrogens is 1. The molecule has 0 radical (unpaired) electrons. The predicted molar refractivity (Wildman–Crippen MR) is 73.1 cm³/mol. The molecule has 0 spiro atoms. The largest absolute Gasteiger partial charge is 0.348 e. The summed E-state index contributed by atoms with van der Waals surface area (Å²) in [7, 11) is 0. The molecule has 0 amide bonds. The van der Waals surface area contributed by atoms with Gasteiger partial charge in [0.25, 0.3) is 0 Å². The molecule has 0 aliphatic rings. The Hall–Kier alpha value is -0.900. The average molecular weight is 323 g/mol. The Kier molecular flexibility index (Phi) is 4.29. The van der Waals surface area contributed by atoms with Gasteiger partial charge in [-0.1, -0.05) is 23.7 Å². The smallest absolute Gasteiger partial charge is 0.264 e. The highest BCUT2D eigenvalue weighted by Gasteiger charge is 2.33. The van der Waals surface area contributed by atoms with Crippen molar-refractivity contribution < 1.29 is 8.78 Å². The SMILES string of the molecule is FC(F)(Cl)c1ccncc1C(Cl)c1ccc(Cl)cc1. The van der Waals surface area contributed by atoms with Crippen molar-refractivity contribution in [3.05, 3.63) is 64.4 Å². The number of pyridine rings is 1. The molecule has 6 heteroatoms. The van der Waals surface area contributed by atoms with E-state index in [9.17, 15) is 8.78 Å². The molecule has 0 saturated heterocycles. The van der Waals surface area contributed by atoms with Crippen LogP contribution in [0, 0.1) is 0 Å². The molecule has 0 fully saturated rings. The van der Waals surface area contributed by atoms with Crippen LogP contribution in [0.15, 0.2) is 42.7 Å². The standard InChI is InChI=1S/C13H8Cl3F2N/c14-9-3-1-8(2-4-9)12(15)10-7-19-6-5-11(10)13(16,17)18/h1-7,12H. The lowest BCUT2D eigenvalue weighted by Crippen LogP contribution is -2.10. The van der Waals surface area contributed by atoms with Crippen LogP contribution in [-0.4, -0.2) is 4.98 Å². The van der Waals surface area contributed by atoms with Gasteiger partial charge in [0.2, 0.25) is 0 Å². The molecule has 1 heterocycles. The van der Waals surface area contributed by atoms with Gasteiger partial charge in [0.05, 0.1) is 5.38 Å². The zero-order valence-electron chi connectivity index (χ0n) is 9.46. The number of nitrogens with zero attached hydrogens (tertiary/aromatic N) is 1. The number of halogens is 5. The highest BCUT2D eigenvalue weighted by Crippen LogP contribution is 2.40. The molecule has 2 aromatic rings. The van der Waals surface area contributed by atoms with E-state index in [4.69, 9.17) is 34.8 Å². The fourth-order valence-electron chi connectivity index (χ4n) is 1.68. The van der Waals surface area contributed by atoms with Crippen molar-refractivity contribution >= 4 is 34.8 Å². The van der Waals surface area contributed by atoms with Gasteiger partial charge in [0, 0.05) is 28.5 Å². The van der Waals surface area contributed by atoms with E-state index in [-0.39, 0.29) is 11.1 Å². The third-order valence-electron chi connectivity index (χ3n) is 2.59. The first-order valence-electron chi connectivity index (χ1n) is 5.30. The Bertz CT molecular complexity index is 567. The van der Waals surface area contributed by atoms with Crippen LogP contribution in [0.5, 0.6) is 0 Å². The van der Waals surface area contributed by atoms with E-state index in [1.807, 2.05) is 0 Å². The molecule has 1 atom stereocenters. The van der Waals surface area contributed by atoms with Crippen LogP contribution >= 0.6 is 34.8 Å². The summed E-state index contributed by atoms with van der Waals surface area (Å²) in [6.07, 6.45) is 2.54. The third kappa shape index (κ3) is 3.35. The maximum Gasteiger partial charge on any atom is 0.348 e. The topological polar surface area (TPSA) is 12.9 Å². The second-order valence-electron chi connectivity index (χ2n) is 3.87. The predicted octanol–water partition coefficient (Wildman–Crippen LogP) is 5.35. The summed E-state index contributed by atoms with van der Waals surface area (Å²) in [6.45, 7) is 0. The first-order valence-corrected chi connectivity index (χ1v) is 6.49. The Morgan fingerprint density at radius 3 is 2.32 bits per heavy atom. The van der Waals surface area contributed by atoms with E-state index in [2.05, 4.69) is 4.98 Å². The van der Waals surface area contributed by atoms with Gasteiger partial charge in [-0.05, 0) is 35.4 Å². The lowest BCUT2D eigenvalue weighted by atomic mass is 10.0. The highest BCUT2D eigenvalue weighted by molar-refractivity contribution is 6.30. The maximum atomic E-state index is 13.3. The number of hydrogen-bond acceptors (Lipinski definition) is 1. The van der Waals surface area contributed by atoms with Gasteiger partial charge >= 0.3 is 5.38 Å². The molecule has 0 aliphatic carbocycles. The Morgan fingerprint density at radius 1 is 1.11 bits per heavy atom. The number of hydrogen-bond donors (Lipinski definition) is 0. The molecule has 1 aromatic heterocycles. The molecule has 1 aromatic carbocycles. The zero-order valence-corrected chi connectivity index (χ0v) is 11.7. The van der Waals surface area contributed by atoms with Crippen molar-refractivity contribution in [1.82, 2.24) is 4.98 Å². The second-order valence-corrected chi connectivity index (χ2v) is 5.22. The van der Waals surface area contributed by atoms with Crippen molar-refractivity contribution in [3.8, 4) is 0 Å². The fourth-order valence-corrected chi connectivity index (χ4v) is 2.30. The molecule has 0 saturated carbocycles. The van der Waals surface area contributed by atoms with Crippen LogP contribution in [0.1, 0.15) is 22.1 Å². The van der Waals surface area contributed by atoms with E-state index in [0.29, 0.717) is 10.6 Å². The summed E-state index contributed by atoms with van der Waals surface area (Å²) < 4.78 is 26.6. The van der Waals surface area contributed by atoms with Crippen LogP contribution in [0.4, 0.5) is 8.78 Å². The summed E-state index contributed by atoms with van der Waals surface area (Å²) in [4.78, 5) is 3.82. The first-order chi connectivity index (χ1) is 8.89. The quantitative estimate of drug-likeness (QED) is 0.694. The molecule has 2 rings (SSSR count). The van der Waals surface area contributed by atoms with Crippen molar-refractivity contribution in [3.63, 3.8) is 0 Å². The molecule has 0 aliphatic heterocycles. The van der Waals surface area contributed by atoms with E-state index in [0.717, 1.165) is 6.07 Å². The number of rotatable bonds is 3. The normalized spacial score (nSPS) is 13.3. The van der Waals surface area contributed by atoms with Gasteiger partial charge in [-0.25, -0.2) is 0 Å². The van der Waals surface area contributed by atoms with Gasteiger partial charge in [0.1, 0.15) is 0 Å². The minimum absolute atomic E-state index is 0.173.